The number of hydrogen-bond acceptors (Lipinski definition) is 5. The average molecular weight is 328 g/mol. The van der Waals surface area contributed by atoms with Crippen molar-refractivity contribution in [2.24, 2.45) is 0 Å². The van der Waals surface area contributed by atoms with Crippen LogP contribution >= 0.6 is 0 Å². The van der Waals surface area contributed by atoms with Gasteiger partial charge in [0.1, 0.15) is 0 Å². The van der Waals surface area contributed by atoms with Crippen LogP contribution < -0.4 is 21.3 Å². The molecule has 4 N–H and O–H groups in total. The van der Waals surface area contributed by atoms with Gasteiger partial charge in [-0.25, -0.2) is 0 Å². The quantitative estimate of drug-likeness (QED) is 0.621. The number of likely N-dealkylation sites (N-methyl/N-ethyl adjacent to an activating group) is 1. The molecular weight excluding hydrogens is 286 g/mol. The van der Waals surface area contributed by atoms with Gasteiger partial charge in [0.05, 0.1) is 0 Å². The smallest absolute Gasteiger partial charge is 0.0357 e. The maximum Gasteiger partial charge on any atom is 0.0357 e. The van der Waals surface area contributed by atoms with Crippen LogP contribution in [0, 0.1) is 0 Å². The van der Waals surface area contributed by atoms with Gasteiger partial charge in [-0.05, 0) is 25.8 Å². The maximum absolute atomic E-state index is 3.85. The molecule has 1 atom stereocenters. The largest absolute Gasteiger partial charge is 0.314 e. The average Bonchev–Trinajstić information content (AvgIpc) is 2.59. The number of rotatable bonds is 4. The van der Waals surface area contributed by atoms with E-state index in [9.17, 15) is 0 Å². The van der Waals surface area contributed by atoms with E-state index in [0.717, 1.165) is 58.9 Å². The van der Waals surface area contributed by atoms with E-state index >= 15 is 0 Å². The topological polar surface area (TPSA) is 51.4 Å². The van der Waals surface area contributed by atoms with Crippen molar-refractivity contribution in [2.45, 2.75) is 58.5 Å². The summed E-state index contributed by atoms with van der Waals surface area (Å²) in [7, 11) is 0. The van der Waals surface area contributed by atoms with E-state index in [0.29, 0.717) is 6.04 Å². The van der Waals surface area contributed by atoms with Crippen molar-refractivity contribution in [3.05, 3.63) is 0 Å². The van der Waals surface area contributed by atoms with Gasteiger partial charge in [0.25, 0.3) is 0 Å². The minimum Gasteiger partial charge on any atom is -0.314 e. The molecule has 0 amide bonds. The minimum atomic E-state index is 0.267. The highest BCUT2D eigenvalue weighted by Gasteiger charge is 2.38. The van der Waals surface area contributed by atoms with E-state index in [1.807, 2.05) is 0 Å². The van der Waals surface area contributed by atoms with Gasteiger partial charge in [-0.1, -0.05) is 27.7 Å². The Morgan fingerprint density at radius 3 is 1.78 bits per heavy atom. The van der Waals surface area contributed by atoms with Gasteiger partial charge in [0.15, 0.2) is 0 Å². The first-order valence-electron chi connectivity index (χ1n) is 9.85. The summed E-state index contributed by atoms with van der Waals surface area (Å²) in [5, 5.41) is 14.5. The fourth-order valence-corrected chi connectivity index (χ4v) is 4.10. The van der Waals surface area contributed by atoms with Crippen LogP contribution in [0.1, 0.15) is 47.0 Å². The highest BCUT2D eigenvalue weighted by Crippen LogP contribution is 2.29. The van der Waals surface area contributed by atoms with Gasteiger partial charge in [-0.15, -0.1) is 0 Å². The second-order valence-electron chi connectivity index (χ2n) is 6.56. The molecule has 1 aliphatic heterocycles. The molecule has 23 heavy (non-hydrogen) atoms. The molecule has 1 unspecified atom stereocenters. The molecule has 1 heterocycles. The van der Waals surface area contributed by atoms with Crippen LogP contribution in [-0.2, 0) is 0 Å². The molecule has 5 nitrogen and oxygen atoms in total. The lowest BCUT2D eigenvalue weighted by Crippen LogP contribution is -2.62. The summed E-state index contributed by atoms with van der Waals surface area (Å²) in [5.41, 5.74) is 0.267. The second kappa shape index (κ2) is 12.2. The Kier molecular flexibility index (Phi) is 11.1. The first kappa shape index (κ1) is 20.8. The molecule has 1 fully saturated rings. The molecular formula is C18H41N5. The van der Waals surface area contributed by atoms with E-state index in [4.69, 9.17) is 0 Å². The Bertz CT molecular complexity index is 257. The molecule has 0 saturated carbocycles. The van der Waals surface area contributed by atoms with E-state index in [1.165, 1.54) is 19.3 Å². The fourth-order valence-electron chi connectivity index (χ4n) is 4.10. The summed E-state index contributed by atoms with van der Waals surface area (Å²) < 4.78 is 0. The molecule has 0 aromatic rings. The monoisotopic (exact) mass is 327 g/mol. The summed E-state index contributed by atoms with van der Waals surface area (Å²) in [4.78, 5) is 2.71. The normalized spacial score (nSPS) is 26.3. The van der Waals surface area contributed by atoms with Crippen LogP contribution in [-0.4, -0.2) is 75.4 Å². The standard InChI is InChI=1S/C18H41N5/c1-5-17-18(6-2,7-3)23(8-4)16-15-21-12-11-19-9-10-20-13-14-22-17/h17,19-22H,5-16H2,1-4H3. The predicted octanol–water partition coefficient (Wildman–Crippen LogP) is 1.02. The molecule has 0 spiro atoms. The molecule has 0 radical (unpaired) electrons. The molecule has 1 saturated heterocycles. The van der Waals surface area contributed by atoms with Crippen molar-refractivity contribution < 1.29 is 0 Å². The van der Waals surface area contributed by atoms with E-state index in [1.54, 1.807) is 0 Å². The summed E-state index contributed by atoms with van der Waals surface area (Å²) in [6.45, 7) is 19.0. The van der Waals surface area contributed by atoms with Crippen LogP contribution in [0.15, 0.2) is 0 Å². The number of hydrogen-bond donors (Lipinski definition) is 4. The predicted molar refractivity (Wildman–Crippen MR) is 101 cm³/mol. The van der Waals surface area contributed by atoms with Crippen LogP contribution in [0.3, 0.4) is 0 Å². The Morgan fingerprint density at radius 2 is 1.30 bits per heavy atom. The third-order valence-electron chi connectivity index (χ3n) is 5.50. The van der Waals surface area contributed by atoms with Gasteiger partial charge in [0, 0.05) is 63.9 Å². The van der Waals surface area contributed by atoms with Gasteiger partial charge in [-0.2, -0.15) is 0 Å². The summed E-state index contributed by atoms with van der Waals surface area (Å²) in [6, 6.07) is 0.558. The molecule has 5 heteroatoms. The highest BCUT2D eigenvalue weighted by atomic mass is 15.2. The van der Waals surface area contributed by atoms with Gasteiger partial charge < -0.3 is 21.3 Å². The van der Waals surface area contributed by atoms with E-state index in [-0.39, 0.29) is 5.54 Å². The first-order valence-corrected chi connectivity index (χ1v) is 9.85. The molecule has 0 bridgehead atoms. The van der Waals surface area contributed by atoms with Gasteiger partial charge >= 0.3 is 0 Å². The molecule has 0 aromatic heterocycles. The number of nitrogens with one attached hydrogen (secondary N) is 4. The Morgan fingerprint density at radius 1 is 0.783 bits per heavy atom. The van der Waals surface area contributed by atoms with Crippen LogP contribution in [0.25, 0.3) is 0 Å². The third-order valence-corrected chi connectivity index (χ3v) is 5.50. The zero-order valence-electron chi connectivity index (χ0n) is 16.0. The van der Waals surface area contributed by atoms with Crippen LogP contribution in [0.4, 0.5) is 0 Å². The summed E-state index contributed by atoms with van der Waals surface area (Å²) >= 11 is 0. The Labute approximate surface area is 144 Å². The zero-order chi connectivity index (χ0) is 17.0. The van der Waals surface area contributed by atoms with E-state index < -0.39 is 0 Å². The summed E-state index contributed by atoms with van der Waals surface area (Å²) in [5.74, 6) is 0. The van der Waals surface area contributed by atoms with Crippen molar-refractivity contribution in [1.82, 2.24) is 26.2 Å². The first-order chi connectivity index (χ1) is 11.2. The molecule has 138 valence electrons. The van der Waals surface area contributed by atoms with E-state index in [2.05, 4.69) is 53.9 Å². The number of nitrogens with zero attached hydrogens (tertiary/aromatic N) is 1. The SMILES string of the molecule is CCC1NCCNCCNCCNCCN(CC)C1(CC)CC. The molecule has 1 rings (SSSR count). The van der Waals surface area contributed by atoms with Gasteiger partial charge in [0.2, 0.25) is 0 Å². The minimum absolute atomic E-state index is 0.267. The second-order valence-corrected chi connectivity index (χ2v) is 6.56. The molecule has 1 aliphatic rings. The van der Waals surface area contributed by atoms with Gasteiger partial charge in [-0.3, -0.25) is 4.90 Å². The lowest BCUT2D eigenvalue weighted by Gasteiger charge is -2.48. The van der Waals surface area contributed by atoms with Crippen molar-refractivity contribution in [1.29, 1.82) is 0 Å². The lowest BCUT2D eigenvalue weighted by molar-refractivity contribution is 0.0441. The molecule has 0 aromatic carbocycles. The Balaban J connectivity index is 2.82. The Hall–Kier alpha value is -0.200. The summed E-state index contributed by atoms with van der Waals surface area (Å²) in [6.07, 6.45) is 3.60. The highest BCUT2D eigenvalue weighted by molar-refractivity contribution is 4.98. The van der Waals surface area contributed by atoms with Crippen LogP contribution in [0.2, 0.25) is 0 Å². The zero-order valence-corrected chi connectivity index (χ0v) is 16.0. The third kappa shape index (κ3) is 6.31. The van der Waals surface area contributed by atoms with Crippen molar-refractivity contribution in [2.75, 3.05) is 58.9 Å². The fraction of sp³-hybridized carbons (Fsp3) is 1.00. The lowest BCUT2D eigenvalue weighted by atomic mass is 9.81. The molecule has 0 aliphatic carbocycles. The maximum atomic E-state index is 3.85. The van der Waals surface area contributed by atoms with Crippen molar-refractivity contribution in [3.63, 3.8) is 0 Å². The van der Waals surface area contributed by atoms with Crippen molar-refractivity contribution in [3.8, 4) is 0 Å². The van der Waals surface area contributed by atoms with Crippen molar-refractivity contribution >= 4 is 0 Å². The van der Waals surface area contributed by atoms with Crippen LogP contribution in [0.5, 0.6) is 0 Å².